The van der Waals surface area contributed by atoms with Gasteiger partial charge in [-0.25, -0.2) is 4.79 Å². The van der Waals surface area contributed by atoms with Gasteiger partial charge in [0.15, 0.2) is 12.4 Å². The molecule has 144 valence electrons. The highest BCUT2D eigenvalue weighted by Crippen LogP contribution is 2.38. The first kappa shape index (κ1) is 19.1. The van der Waals surface area contributed by atoms with E-state index in [1.54, 1.807) is 6.92 Å². The van der Waals surface area contributed by atoms with Gasteiger partial charge in [-0.15, -0.1) is 11.3 Å². The van der Waals surface area contributed by atoms with Gasteiger partial charge in [0.1, 0.15) is 10.6 Å². The molecule has 0 saturated carbocycles. The van der Waals surface area contributed by atoms with Crippen molar-refractivity contribution in [2.24, 2.45) is 5.73 Å². The van der Waals surface area contributed by atoms with Crippen molar-refractivity contribution in [1.29, 1.82) is 0 Å². The largest absolute Gasteiger partial charge is 0.452 e. The van der Waals surface area contributed by atoms with E-state index in [1.165, 1.54) is 11.3 Å². The van der Waals surface area contributed by atoms with E-state index in [4.69, 9.17) is 15.0 Å². The molecular formula is C18H21N3O5S. The maximum absolute atomic E-state index is 12.3. The monoisotopic (exact) mass is 391 g/mol. The molecule has 2 aromatic rings. The maximum atomic E-state index is 12.3. The molecule has 0 spiro atoms. The molecule has 3 N–H and O–H groups in total. The minimum atomic E-state index is -0.670. The molecule has 2 amide bonds. The van der Waals surface area contributed by atoms with E-state index in [1.807, 2.05) is 13.8 Å². The van der Waals surface area contributed by atoms with Crippen molar-refractivity contribution >= 4 is 34.1 Å². The number of anilines is 1. The number of esters is 1. The first-order chi connectivity index (χ1) is 12.8. The highest BCUT2D eigenvalue weighted by Gasteiger charge is 2.27. The molecule has 9 heteroatoms. The van der Waals surface area contributed by atoms with Crippen LogP contribution < -0.4 is 11.1 Å². The number of aromatic nitrogens is 1. The molecule has 0 unspecified atom stereocenters. The van der Waals surface area contributed by atoms with Crippen molar-refractivity contribution in [2.75, 3.05) is 11.9 Å². The Morgan fingerprint density at radius 3 is 2.70 bits per heavy atom. The predicted octanol–water partition coefficient (Wildman–Crippen LogP) is 2.55. The summed E-state index contributed by atoms with van der Waals surface area (Å²) in [7, 11) is 0. The van der Waals surface area contributed by atoms with Crippen molar-refractivity contribution in [2.45, 2.75) is 46.0 Å². The van der Waals surface area contributed by atoms with E-state index in [9.17, 15) is 14.4 Å². The summed E-state index contributed by atoms with van der Waals surface area (Å²) < 4.78 is 10.3. The number of rotatable bonds is 6. The molecule has 3 rings (SSSR count). The SMILES string of the molecule is Cc1noc(C(C)C)c1C(=O)OCC(=O)Nc1sc2c(c1C(N)=O)CCC2. The van der Waals surface area contributed by atoms with Crippen molar-refractivity contribution in [1.82, 2.24) is 5.16 Å². The summed E-state index contributed by atoms with van der Waals surface area (Å²) >= 11 is 1.35. The lowest BCUT2D eigenvalue weighted by molar-refractivity contribution is -0.119. The van der Waals surface area contributed by atoms with E-state index in [0.29, 0.717) is 22.0 Å². The molecule has 2 heterocycles. The Balaban J connectivity index is 1.67. The summed E-state index contributed by atoms with van der Waals surface area (Å²) in [5.41, 5.74) is 7.41. The number of fused-ring (bicyclic) bond motifs is 1. The van der Waals surface area contributed by atoms with E-state index in [0.717, 1.165) is 29.7 Å². The minimum Gasteiger partial charge on any atom is -0.452 e. The predicted molar refractivity (Wildman–Crippen MR) is 99.1 cm³/mol. The zero-order valence-corrected chi connectivity index (χ0v) is 16.2. The number of amides is 2. The number of thiophene rings is 1. The van der Waals surface area contributed by atoms with Crippen LogP contribution in [-0.4, -0.2) is 29.5 Å². The third kappa shape index (κ3) is 3.73. The topological polar surface area (TPSA) is 125 Å². The molecule has 27 heavy (non-hydrogen) atoms. The smallest absolute Gasteiger partial charge is 0.344 e. The van der Waals surface area contributed by atoms with Crippen LogP contribution in [0.1, 0.15) is 68.8 Å². The number of ether oxygens (including phenoxy) is 1. The zero-order valence-electron chi connectivity index (χ0n) is 15.4. The number of carbonyl (C=O) groups is 3. The number of nitrogens with one attached hydrogen (secondary N) is 1. The second-order valence-electron chi connectivity index (χ2n) is 6.71. The van der Waals surface area contributed by atoms with Crippen LogP contribution in [0, 0.1) is 6.92 Å². The second kappa shape index (κ2) is 7.51. The van der Waals surface area contributed by atoms with Gasteiger partial charge in [-0.3, -0.25) is 9.59 Å². The number of nitrogens with zero attached hydrogens (tertiary/aromatic N) is 1. The number of aryl methyl sites for hydroxylation is 2. The highest BCUT2D eigenvalue weighted by molar-refractivity contribution is 7.17. The fraction of sp³-hybridized carbons (Fsp3) is 0.444. The van der Waals surface area contributed by atoms with E-state index in [2.05, 4.69) is 10.5 Å². The third-order valence-electron chi connectivity index (χ3n) is 4.37. The van der Waals surface area contributed by atoms with Gasteiger partial charge in [-0.2, -0.15) is 0 Å². The van der Waals surface area contributed by atoms with E-state index in [-0.39, 0.29) is 11.5 Å². The fourth-order valence-corrected chi connectivity index (χ4v) is 4.46. The number of hydrogen-bond donors (Lipinski definition) is 2. The van der Waals surface area contributed by atoms with E-state index < -0.39 is 24.4 Å². The first-order valence-corrected chi connectivity index (χ1v) is 9.48. The summed E-state index contributed by atoms with van der Waals surface area (Å²) in [5, 5.41) is 6.84. The van der Waals surface area contributed by atoms with Crippen molar-refractivity contribution in [3.63, 3.8) is 0 Å². The normalized spacial score (nSPS) is 12.9. The average Bonchev–Trinajstić information content (AvgIpc) is 3.26. The Morgan fingerprint density at radius 1 is 1.30 bits per heavy atom. The molecule has 0 saturated heterocycles. The van der Waals surface area contributed by atoms with Crippen LogP contribution >= 0.6 is 11.3 Å². The number of primary amides is 1. The fourth-order valence-electron chi connectivity index (χ4n) is 3.15. The third-order valence-corrected chi connectivity index (χ3v) is 5.58. The van der Waals surface area contributed by atoms with Crippen LogP contribution in [0.4, 0.5) is 5.00 Å². The van der Waals surface area contributed by atoms with Gasteiger partial charge < -0.3 is 20.3 Å². The molecule has 0 radical (unpaired) electrons. The van der Waals surface area contributed by atoms with Crippen molar-refractivity contribution in [3.8, 4) is 0 Å². The molecule has 0 atom stereocenters. The second-order valence-corrected chi connectivity index (χ2v) is 7.82. The van der Waals surface area contributed by atoms with Crippen LogP contribution in [0.3, 0.4) is 0 Å². The summed E-state index contributed by atoms with van der Waals surface area (Å²) in [6.07, 6.45) is 2.62. The highest BCUT2D eigenvalue weighted by atomic mass is 32.1. The van der Waals surface area contributed by atoms with Crippen molar-refractivity contribution < 1.29 is 23.6 Å². The van der Waals surface area contributed by atoms with Crippen molar-refractivity contribution in [3.05, 3.63) is 33.0 Å². The van der Waals surface area contributed by atoms with Gasteiger partial charge >= 0.3 is 5.97 Å². The van der Waals surface area contributed by atoms with Crippen LogP contribution in [0.15, 0.2) is 4.52 Å². The lowest BCUT2D eigenvalue weighted by atomic mass is 10.1. The minimum absolute atomic E-state index is 0.0470. The van der Waals surface area contributed by atoms with Gasteiger partial charge in [0, 0.05) is 10.8 Å². The van der Waals surface area contributed by atoms with Gasteiger partial charge in [-0.05, 0) is 31.7 Å². The first-order valence-electron chi connectivity index (χ1n) is 8.67. The number of hydrogen-bond acceptors (Lipinski definition) is 7. The Labute approximate surface area is 160 Å². The quantitative estimate of drug-likeness (QED) is 0.729. The van der Waals surface area contributed by atoms with Crippen LogP contribution in [-0.2, 0) is 22.4 Å². The molecule has 0 aromatic carbocycles. The summed E-state index contributed by atoms with van der Waals surface area (Å²) in [6.45, 7) is 4.88. The van der Waals surface area contributed by atoms with Gasteiger partial charge in [0.25, 0.3) is 11.8 Å². The Bertz CT molecular complexity index is 912. The Hall–Kier alpha value is -2.68. The maximum Gasteiger partial charge on any atom is 0.344 e. The molecule has 0 bridgehead atoms. The average molecular weight is 391 g/mol. The number of nitrogens with two attached hydrogens (primary N) is 1. The van der Waals surface area contributed by atoms with E-state index >= 15 is 0 Å². The molecule has 2 aromatic heterocycles. The summed E-state index contributed by atoms with van der Waals surface area (Å²) in [6, 6.07) is 0. The molecule has 1 aliphatic carbocycles. The summed E-state index contributed by atoms with van der Waals surface area (Å²) in [5.74, 6) is -1.40. The standard InChI is InChI=1S/C18H21N3O5S/c1-8(2)15-13(9(3)21-26-15)18(24)25-7-12(22)20-17-14(16(19)23)10-5-4-6-11(10)27-17/h8H,4-7H2,1-3H3,(H2,19,23)(H,20,22). The van der Waals surface area contributed by atoms with Crippen LogP contribution in [0.25, 0.3) is 0 Å². The molecular weight excluding hydrogens is 370 g/mol. The molecule has 0 aliphatic heterocycles. The Morgan fingerprint density at radius 2 is 2.04 bits per heavy atom. The lowest BCUT2D eigenvalue weighted by Gasteiger charge is -2.08. The summed E-state index contributed by atoms with van der Waals surface area (Å²) in [4.78, 5) is 37.4. The Kier molecular flexibility index (Phi) is 5.31. The zero-order chi connectivity index (χ0) is 19.7. The lowest BCUT2D eigenvalue weighted by Crippen LogP contribution is -2.23. The van der Waals surface area contributed by atoms with Gasteiger partial charge in [0.05, 0.1) is 11.3 Å². The van der Waals surface area contributed by atoms with Crippen LogP contribution in [0.5, 0.6) is 0 Å². The molecule has 1 aliphatic rings. The van der Waals surface area contributed by atoms with Gasteiger partial charge in [0.2, 0.25) is 0 Å². The van der Waals surface area contributed by atoms with Gasteiger partial charge in [-0.1, -0.05) is 19.0 Å². The van der Waals surface area contributed by atoms with Crippen LogP contribution in [0.2, 0.25) is 0 Å². The molecule has 8 nitrogen and oxygen atoms in total. The number of carbonyl (C=O) groups excluding carboxylic acids is 3. The molecule has 0 fully saturated rings.